The highest BCUT2D eigenvalue weighted by Gasteiger charge is 2.51. The van der Waals surface area contributed by atoms with Gasteiger partial charge in [-0.25, -0.2) is 14.8 Å². The number of nitrogens with zero attached hydrogens (tertiary/aromatic N) is 6. The zero-order valence-electron chi connectivity index (χ0n) is 31.3. The summed E-state index contributed by atoms with van der Waals surface area (Å²) in [6.45, 7) is 4.36. The molecule has 12 nitrogen and oxygen atoms in total. The minimum atomic E-state index is -4.62. The van der Waals surface area contributed by atoms with Crippen LogP contribution in [0.1, 0.15) is 16.8 Å². The van der Waals surface area contributed by atoms with Gasteiger partial charge in [-0.3, -0.25) is 9.58 Å². The van der Waals surface area contributed by atoms with E-state index in [2.05, 4.69) is 31.9 Å². The van der Waals surface area contributed by atoms with Crippen molar-refractivity contribution in [2.24, 2.45) is 0 Å². The fraction of sp³-hybridized carbons (Fsp3) is 0.333. The number of thiophene rings is 1. The van der Waals surface area contributed by atoms with Crippen LogP contribution in [0.5, 0.6) is 17.4 Å². The zero-order valence-corrected chi connectivity index (χ0v) is 32.9. The van der Waals surface area contributed by atoms with Crippen molar-refractivity contribution in [1.29, 1.82) is 0 Å². The van der Waals surface area contributed by atoms with E-state index in [-0.39, 0.29) is 32.3 Å². The van der Waals surface area contributed by atoms with Crippen molar-refractivity contribution in [2.75, 3.05) is 46.4 Å². The summed E-state index contributed by atoms with van der Waals surface area (Å²) in [4.78, 5) is 26.1. The number of aromatic nitrogens is 4. The Labute approximate surface area is 341 Å². The molecule has 1 N–H and O–H groups in total. The van der Waals surface area contributed by atoms with E-state index in [1.165, 1.54) is 24.3 Å². The second-order valence-electron chi connectivity index (χ2n) is 13.7. The summed E-state index contributed by atoms with van der Waals surface area (Å²) < 4.78 is 110. The first-order valence-electron chi connectivity index (χ1n) is 18.0. The summed E-state index contributed by atoms with van der Waals surface area (Å²) in [5, 5.41) is 14.1. The zero-order chi connectivity index (χ0) is 42.1. The molecule has 0 aliphatic carbocycles. The van der Waals surface area contributed by atoms with E-state index < -0.39 is 60.5 Å². The van der Waals surface area contributed by atoms with Crippen molar-refractivity contribution >= 4 is 39.1 Å². The third-order valence-electron chi connectivity index (χ3n) is 9.67. The van der Waals surface area contributed by atoms with Crippen molar-refractivity contribution in [3.8, 4) is 39.1 Å². The number of carboxylic acid groups (broad SMARTS) is 1. The quantitative estimate of drug-likeness (QED) is 0.100. The van der Waals surface area contributed by atoms with Crippen LogP contribution in [0.3, 0.4) is 0 Å². The van der Waals surface area contributed by atoms with Gasteiger partial charge in [0.2, 0.25) is 5.88 Å². The maximum atomic E-state index is 16.6. The molecule has 6 aromatic rings. The van der Waals surface area contributed by atoms with Gasteiger partial charge in [0.1, 0.15) is 48.2 Å². The summed E-state index contributed by atoms with van der Waals surface area (Å²) in [6, 6.07) is 10.7. The first-order valence-corrected chi connectivity index (χ1v) is 19.2. The van der Waals surface area contributed by atoms with E-state index in [1.807, 2.05) is 0 Å². The Balaban J connectivity index is 1.23. The first-order chi connectivity index (χ1) is 28.1. The summed E-state index contributed by atoms with van der Waals surface area (Å²) in [5.41, 5.74) is 0.135. The van der Waals surface area contributed by atoms with Crippen LogP contribution in [0.4, 0.5) is 26.3 Å². The maximum Gasteiger partial charge on any atom is 0.408 e. The van der Waals surface area contributed by atoms with Crippen molar-refractivity contribution < 1.29 is 54.9 Å². The van der Waals surface area contributed by atoms with Gasteiger partial charge in [0.15, 0.2) is 0 Å². The summed E-state index contributed by atoms with van der Waals surface area (Å²) in [6.07, 6.45) is -5.45. The molecule has 1 atom stereocenters. The molecule has 1 saturated heterocycles. The second kappa shape index (κ2) is 17.1. The number of furan rings is 1. The highest BCUT2D eigenvalue weighted by atomic mass is 35.5. The van der Waals surface area contributed by atoms with Crippen LogP contribution in [-0.2, 0) is 23.9 Å². The lowest BCUT2D eigenvalue weighted by Gasteiger charge is -2.32. The fourth-order valence-electron chi connectivity index (χ4n) is 6.61. The molecule has 0 saturated carbocycles. The Morgan fingerprint density at radius 3 is 2.47 bits per heavy atom. The van der Waals surface area contributed by atoms with Gasteiger partial charge in [0.05, 0.1) is 26.5 Å². The Kier molecular flexibility index (Phi) is 12.1. The molecule has 7 rings (SSSR count). The predicted octanol–water partition coefficient (Wildman–Crippen LogP) is 8.31. The molecule has 59 heavy (non-hydrogen) atoms. The predicted molar refractivity (Wildman–Crippen MR) is 205 cm³/mol. The number of para-hydroxylation sites is 1. The number of fused-ring (bicyclic) bond motifs is 1. The number of likely N-dealkylation sites (N-methyl/N-ethyl adjacent to an activating group) is 1. The molecule has 1 aliphatic rings. The van der Waals surface area contributed by atoms with Gasteiger partial charge >= 0.3 is 18.1 Å². The number of alkyl halides is 5. The molecule has 0 bridgehead atoms. The van der Waals surface area contributed by atoms with Crippen LogP contribution in [-0.4, -0.2) is 99.3 Å². The van der Waals surface area contributed by atoms with Gasteiger partial charge in [-0.05, 0) is 55.4 Å². The molecule has 0 radical (unpaired) electrons. The Morgan fingerprint density at radius 2 is 1.76 bits per heavy atom. The number of carboxylic acids is 1. The summed E-state index contributed by atoms with van der Waals surface area (Å²) >= 11 is 7.87. The van der Waals surface area contributed by atoms with Crippen LogP contribution < -0.4 is 14.2 Å². The van der Waals surface area contributed by atoms with E-state index in [4.69, 9.17) is 30.2 Å². The summed E-state index contributed by atoms with van der Waals surface area (Å²) in [7, 11) is 2.07. The molecular weight excluding hydrogens is 830 g/mol. The van der Waals surface area contributed by atoms with Crippen molar-refractivity contribution in [1.82, 2.24) is 29.5 Å². The first kappa shape index (κ1) is 41.8. The number of rotatable bonds is 15. The lowest BCUT2D eigenvalue weighted by molar-refractivity contribution is -0.169. The second-order valence-corrected chi connectivity index (χ2v) is 15.0. The number of hydrogen-bond acceptors (Lipinski definition) is 11. The van der Waals surface area contributed by atoms with Crippen LogP contribution in [0, 0.1) is 12.9 Å². The van der Waals surface area contributed by atoms with Crippen molar-refractivity contribution in [3.05, 3.63) is 95.0 Å². The highest BCUT2D eigenvalue weighted by Crippen LogP contribution is 2.50. The molecule has 1 unspecified atom stereocenters. The number of benzene rings is 2. The highest BCUT2D eigenvalue weighted by molar-refractivity contribution is 7.22. The molecular formula is C39H35ClF6N6O6S. The van der Waals surface area contributed by atoms with Gasteiger partial charge in [-0.2, -0.15) is 31.4 Å². The molecule has 2 aromatic carbocycles. The molecule has 4 aromatic heterocycles. The number of ether oxygens (including phenoxy) is 3. The smallest absolute Gasteiger partial charge is 0.408 e. The van der Waals surface area contributed by atoms with Gasteiger partial charge in [0.25, 0.3) is 12.1 Å². The SMILES string of the molecule is Cc1c(-c2c(-c3ccc(F)o3)sc3ncnc(OC(C(=O)O)C(F)(F)c4ccccc4OCc4ccnn4CC(F)(F)F)c23)ccc(OCCN2CCN(C)CC2)c1Cl. The van der Waals surface area contributed by atoms with E-state index in [0.29, 0.717) is 39.6 Å². The molecule has 0 amide bonds. The number of carbonyl (C=O) groups is 1. The average molecular weight is 865 g/mol. The lowest BCUT2D eigenvalue weighted by Crippen LogP contribution is -2.45. The normalized spacial score (nSPS) is 14.8. The van der Waals surface area contributed by atoms with E-state index in [9.17, 15) is 27.5 Å². The largest absolute Gasteiger partial charge is 0.491 e. The van der Waals surface area contributed by atoms with Gasteiger partial charge in [0, 0.05) is 50.6 Å². The number of hydrogen-bond donors (Lipinski definition) is 1. The van der Waals surface area contributed by atoms with Gasteiger partial charge < -0.3 is 28.6 Å². The Hall–Kier alpha value is -5.37. The molecule has 1 fully saturated rings. The van der Waals surface area contributed by atoms with Crippen LogP contribution in [0.15, 0.2) is 71.5 Å². The summed E-state index contributed by atoms with van der Waals surface area (Å²) in [5.74, 6) is -7.05. The Bertz CT molecular complexity index is 2450. The van der Waals surface area contributed by atoms with Crippen molar-refractivity contribution in [3.63, 3.8) is 0 Å². The van der Waals surface area contributed by atoms with Gasteiger partial charge in [-0.15, -0.1) is 11.3 Å². The lowest BCUT2D eigenvalue weighted by atomic mass is 9.97. The molecule has 1 aliphatic heterocycles. The Morgan fingerprint density at radius 1 is 1.00 bits per heavy atom. The molecule has 312 valence electrons. The third kappa shape index (κ3) is 9.12. The van der Waals surface area contributed by atoms with Crippen LogP contribution in [0.2, 0.25) is 5.02 Å². The minimum absolute atomic E-state index is 0.0109. The fourth-order valence-corrected chi connectivity index (χ4v) is 7.94. The van der Waals surface area contributed by atoms with Gasteiger partial charge in [-0.1, -0.05) is 29.8 Å². The van der Waals surface area contributed by atoms with Crippen LogP contribution in [0.25, 0.3) is 32.0 Å². The standard InChI is InChI=1S/C39H35ClF6N6O6S/c1-22-24(7-8-27(32(22)40)55-18-17-51-15-13-50(2)14-16-51)30-31-35(47-21-48-36(31)59-33(30)28-9-10-29(41)57-28)58-34(37(53)54)39(45,46)25-5-3-4-6-26(25)56-19-23-11-12-49-52(23)20-38(42,43)44/h3-12,21,34H,13-20H2,1-2H3,(H,53,54). The monoisotopic (exact) mass is 864 g/mol. The maximum absolute atomic E-state index is 16.6. The number of piperazine rings is 1. The topological polar surface area (TPSA) is 128 Å². The van der Waals surface area contributed by atoms with E-state index in [0.717, 1.165) is 68.2 Å². The third-order valence-corrected chi connectivity index (χ3v) is 11.3. The molecule has 0 spiro atoms. The molecule has 20 heteroatoms. The average Bonchev–Trinajstić information content (AvgIpc) is 3.93. The van der Waals surface area contributed by atoms with E-state index in [1.54, 1.807) is 19.1 Å². The molecule has 5 heterocycles. The number of halogens is 7. The van der Waals surface area contributed by atoms with E-state index >= 15 is 8.78 Å². The number of aliphatic carboxylic acids is 1. The van der Waals surface area contributed by atoms with Crippen molar-refractivity contribution in [2.45, 2.75) is 38.3 Å². The minimum Gasteiger partial charge on any atom is -0.491 e. The van der Waals surface area contributed by atoms with Crippen LogP contribution >= 0.6 is 22.9 Å².